The number of hydrogen-bond acceptors (Lipinski definition) is 5. The molecule has 21 heavy (non-hydrogen) atoms. The molecule has 0 aliphatic carbocycles. The quantitative estimate of drug-likeness (QED) is 0.331. The molecule has 0 amide bonds. The molecular formula is C15H19N3O2S. The summed E-state index contributed by atoms with van der Waals surface area (Å²) < 4.78 is 5.21. The first-order valence-corrected chi connectivity index (χ1v) is 7.42. The lowest BCUT2D eigenvalue weighted by Gasteiger charge is -2.10. The van der Waals surface area contributed by atoms with Gasteiger partial charge in [-0.05, 0) is 41.6 Å². The van der Waals surface area contributed by atoms with Crippen molar-refractivity contribution in [2.75, 3.05) is 7.11 Å². The normalized spacial score (nSPS) is 11.6. The Morgan fingerprint density at radius 1 is 1.38 bits per heavy atom. The standard InChI is InChI=1S/C15H19N3O2S/c1-10-5-6-21-14(10)9-17-8-11-3-4-13(20-2)12(7-11)15(16)18-19/h3-7,17,19H,8-9H2,1-2H3,(H2,16,18). The van der Waals surface area contributed by atoms with E-state index in [1.54, 1.807) is 18.4 Å². The molecule has 4 N–H and O–H groups in total. The first-order valence-electron chi connectivity index (χ1n) is 6.54. The lowest BCUT2D eigenvalue weighted by Crippen LogP contribution is -2.16. The summed E-state index contributed by atoms with van der Waals surface area (Å²) in [5, 5.41) is 17.3. The number of benzene rings is 1. The molecule has 1 aromatic carbocycles. The number of oxime groups is 1. The van der Waals surface area contributed by atoms with Gasteiger partial charge in [-0.3, -0.25) is 0 Å². The Balaban J connectivity index is 2.05. The van der Waals surface area contributed by atoms with Crippen LogP contribution in [0.1, 0.15) is 21.6 Å². The number of nitrogens with zero attached hydrogens (tertiary/aromatic N) is 1. The minimum Gasteiger partial charge on any atom is -0.496 e. The third-order valence-electron chi connectivity index (χ3n) is 3.23. The predicted octanol–water partition coefficient (Wildman–Crippen LogP) is 2.45. The van der Waals surface area contributed by atoms with Crippen molar-refractivity contribution in [2.45, 2.75) is 20.0 Å². The summed E-state index contributed by atoms with van der Waals surface area (Å²) in [5.41, 5.74) is 8.61. The van der Waals surface area contributed by atoms with Crippen LogP contribution in [0.5, 0.6) is 5.75 Å². The molecule has 6 heteroatoms. The number of nitrogens with one attached hydrogen (secondary N) is 1. The number of thiophene rings is 1. The van der Waals surface area contributed by atoms with Gasteiger partial charge in [-0.25, -0.2) is 0 Å². The number of rotatable bonds is 6. The van der Waals surface area contributed by atoms with Crippen LogP contribution >= 0.6 is 11.3 Å². The van der Waals surface area contributed by atoms with E-state index < -0.39 is 0 Å². The minimum absolute atomic E-state index is 0.0443. The predicted molar refractivity (Wildman–Crippen MR) is 85.1 cm³/mol. The summed E-state index contributed by atoms with van der Waals surface area (Å²) in [5.74, 6) is 0.631. The molecule has 5 nitrogen and oxygen atoms in total. The molecule has 112 valence electrons. The molecule has 2 rings (SSSR count). The topological polar surface area (TPSA) is 79.9 Å². The average Bonchev–Trinajstić information content (AvgIpc) is 2.91. The van der Waals surface area contributed by atoms with Gasteiger partial charge in [-0.1, -0.05) is 11.2 Å². The van der Waals surface area contributed by atoms with Crippen LogP contribution in [0.2, 0.25) is 0 Å². The lowest BCUT2D eigenvalue weighted by molar-refractivity contribution is 0.318. The van der Waals surface area contributed by atoms with E-state index in [-0.39, 0.29) is 5.84 Å². The van der Waals surface area contributed by atoms with Gasteiger partial charge in [0.1, 0.15) is 5.75 Å². The highest BCUT2D eigenvalue weighted by molar-refractivity contribution is 7.10. The maximum atomic E-state index is 8.82. The fraction of sp³-hybridized carbons (Fsp3) is 0.267. The molecule has 0 radical (unpaired) electrons. The van der Waals surface area contributed by atoms with E-state index in [0.29, 0.717) is 17.9 Å². The van der Waals surface area contributed by atoms with E-state index >= 15 is 0 Å². The Kier molecular flexibility index (Phi) is 5.19. The number of aryl methyl sites for hydroxylation is 1. The van der Waals surface area contributed by atoms with Gasteiger partial charge < -0.3 is 21.0 Å². The zero-order valence-electron chi connectivity index (χ0n) is 12.1. The van der Waals surface area contributed by atoms with Crippen LogP contribution in [-0.2, 0) is 13.1 Å². The van der Waals surface area contributed by atoms with Crippen molar-refractivity contribution < 1.29 is 9.94 Å². The van der Waals surface area contributed by atoms with Crippen molar-refractivity contribution in [1.29, 1.82) is 0 Å². The van der Waals surface area contributed by atoms with E-state index in [1.165, 1.54) is 10.4 Å². The molecule has 0 unspecified atom stereocenters. The van der Waals surface area contributed by atoms with Gasteiger partial charge in [0.2, 0.25) is 0 Å². The van der Waals surface area contributed by atoms with Gasteiger partial charge in [0.15, 0.2) is 5.84 Å². The second-order valence-corrected chi connectivity index (χ2v) is 5.65. The Morgan fingerprint density at radius 2 is 2.19 bits per heavy atom. The van der Waals surface area contributed by atoms with Crippen molar-refractivity contribution in [3.63, 3.8) is 0 Å². The van der Waals surface area contributed by atoms with E-state index in [4.69, 9.17) is 15.7 Å². The molecule has 0 aliphatic heterocycles. The van der Waals surface area contributed by atoms with Gasteiger partial charge in [-0.15, -0.1) is 11.3 Å². The molecule has 1 aromatic heterocycles. The minimum atomic E-state index is 0.0443. The van der Waals surface area contributed by atoms with Crippen LogP contribution in [0, 0.1) is 6.92 Å². The summed E-state index contributed by atoms with van der Waals surface area (Å²) >= 11 is 1.75. The number of nitrogens with two attached hydrogens (primary N) is 1. The third kappa shape index (κ3) is 3.74. The second kappa shape index (κ2) is 7.10. The molecule has 0 fully saturated rings. The Morgan fingerprint density at radius 3 is 2.81 bits per heavy atom. The fourth-order valence-corrected chi connectivity index (χ4v) is 2.90. The molecule has 0 aliphatic rings. The van der Waals surface area contributed by atoms with E-state index in [0.717, 1.165) is 12.1 Å². The highest BCUT2D eigenvalue weighted by Crippen LogP contribution is 2.20. The number of amidine groups is 1. The van der Waals surface area contributed by atoms with Gasteiger partial charge in [0.05, 0.1) is 12.7 Å². The first-order chi connectivity index (χ1) is 10.2. The van der Waals surface area contributed by atoms with Crippen molar-refractivity contribution in [3.8, 4) is 5.75 Å². The molecule has 0 atom stereocenters. The molecule has 0 saturated heterocycles. The third-order valence-corrected chi connectivity index (χ3v) is 4.25. The molecule has 2 aromatic rings. The monoisotopic (exact) mass is 305 g/mol. The first kappa shape index (κ1) is 15.3. The van der Waals surface area contributed by atoms with Crippen LogP contribution in [0.3, 0.4) is 0 Å². The number of hydrogen-bond donors (Lipinski definition) is 3. The highest BCUT2D eigenvalue weighted by atomic mass is 32.1. The van der Waals surface area contributed by atoms with E-state index in [2.05, 4.69) is 28.8 Å². The smallest absolute Gasteiger partial charge is 0.173 e. The molecule has 1 heterocycles. The fourth-order valence-electron chi connectivity index (χ4n) is 2.02. The van der Waals surface area contributed by atoms with Gasteiger partial charge >= 0.3 is 0 Å². The second-order valence-electron chi connectivity index (χ2n) is 4.65. The maximum Gasteiger partial charge on any atom is 0.173 e. The summed E-state index contributed by atoms with van der Waals surface area (Å²) in [6.45, 7) is 3.64. The van der Waals surface area contributed by atoms with Crippen LogP contribution in [0.25, 0.3) is 0 Å². The Labute approximate surface area is 128 Å². The zero-order valence-corrected chi connectivity index (χ0v) is 12.9. The molecule has 0 saturated carbocycles. The van der Waals surface area contributed by atoms with Crippen molar-refractivity contribution in [3.05, 3.63) is 51.2 Å². The summed E-state index contributed by atoms with van der Waals surface area (Å²) in [7, 11) is 1.56. The van der Waals surface area contributed by atoms with E-state index in [1.807, 2.05) is 18.2 Å². The number of methoxy groups -OCH3 is 1. The molecule has 0 spiro atoms. The number of ether oxygens (including phenoxy) is 1. The van der Waals surface area contributed by atoms with Gasteiger partial charge in [0.25, 0.3) is 0 Å². The maximum absolute atomic E-state index is 8.82. The van der Waals surface area contributed by atoms with Crippen molar-refractivity contribution >= 4 is 17.2 Å². The van der Waals surface area contributed by atoms with Gasteiger partial charge in [0, 0.05) is 18.0 Å². The lowest BCUT2D eigenvalue weighted by atomic mass is 10.1. The van der Waals surface area contributed by atoms with Gasteiger partial charge in [-0.2, -0.15) is 0 Å². The molecular weight excluding hydrogens is 286 g/mol. The summed E-state index contributed by atoms with van der Waals surface area (Å²) in [6.07, 6.45) is 0. The van der Waals surface area contributed by atoms with Crippen molar-refractivity contribution in [1.82, 2.24) is 5.32 Å². The largest absolute Gasteiger partial charge is 0.496 e. The summed E-state index contributed by atoms with van der Waals surface area (Å²) in [6, 6.07) is 7.76. The van der Waals surface area contributed by atoms with Crippen LogP contribution in [0.15, 0.2) is 34.8 Å². The zero-order chi connectivity index (χ0) is 15.2. The van der Waals surface area contributed by atoms with Crippen molar-refractivity contribution in [2.24, 2.45) is 10.9 Å². The van der Waals surface area contributed by atoms with E-state index in [9.17, 15) is 0 Å². The Hall–Kier alpha value is -2.05. The van der Waals surface area contributed by atoms with Crippen LogP contribution in [-0.4, -0.2) is 18.2 Å². The van der Waals surface area contributed by atoms with Crippen LogP contribution in [0.4, 0.5) is 0 Å². The highest BCUT2D eigenvalue weighted by Gasteiger charge is 2.09. The van der Waals surface area contributed by atoms with Crippen LogP contribution < -0.4 is 15.8 Å². The molecule has 0 bridgehead atoms. The SMILES string of the molecule is COc1ccc(CNCc2sccc2C)cc1/C(N)=N/O. The Bertz CT molecular complexity index is 638. The average molecular weight is 305 g/mol. The summed E-state index contributed by atoms with van der Waals surface area (Å²) in [4.78, 5) is 1.33.